The van der Waals surface area contributed by atoms with E-state index in [1.807, 2.05) is 31.2 Å². The van der Waals surface area contributed by atoms with Crippen LogP contribution < -0.4 is 25.8 Å². The predicted octanol–water partition coefficient (Wildman–Crippen LogP) is 2.00. The van der Waals surface area contributed by atoms with Crippen molar-refractivity contribution in [3.63, 3.8) is 0 Å². The molecule has 4 N–H and O–H groups in total. The molecule has 0 spiro atoms. The molecule has 1 atom stereocenters. The highest BCUT2D eigenvalue weighted by molar-refractivity contribution is 5.79. The third-order valence-corrected chi connectivity index (χ3v) is 5.41. The third kappa shape index (κ3) is 9.46. The molecule has 1 fully saturated rings. The SMILES string of the molecule is CCNC(=NCC(C)Oc1cccc(OC)c1)NCCCCN1CCC(C(N)=O)CC1. The standard InChI is InChI=1S/C23H39N5O3/c1-4-25-23(27-17-18(2)31-21-9-7-8-20(16-21)30-3)26-12-5-6-13-28-14-10-19(11-15-28)22(24)29/h7-9,16,18-19H,4-6,10-15,17H2,1-3H3,(H2,24,29)(H2,25,26,27). The van der Waals surface area contributed by atoms with E-state index in [0.29, 0.717) is 6.54 Å². The zero-order valence-corrected chi connectivity index (χ0v) is 19.2. The summed E-state index contributed by atoms with van der Waals surface area (Å²) >= 11 is 0. The lowest BCUT2D eigenvalue weighted by Crippen LogP contribution is -2.40. The summed E-state index contributed by atoms with van der Waals surface area (Å²) in [6.45, 7) is 9.30. The lowest BCUT2D eigenvalue weighted by atomic mass is 9.96. The van der Waals surface area contributed by atoms with Gasteiger partial charge in [0, 0.05) is 25.1 Å². The number of carbonyl (C=O) groups excluding carboxylic acids is 1. The van der Waals surface area contributed by atoms with Gasteiger partial charge in [0.05, 0.1) is 13.7 Å². The molecule has 0 saturated carbocycles. The fraction of sp³-hybridized carbons (Fsp3) is 0.652. The molecule has 0 aliphatic carbocycles. The normalized spacial score (nSPS) is 16.5. The number of piperidine rings is 1. The smallest absolute Gasteiger partial charge is 0.220 e. The first-order chi connectivity index (χ1) is 15.0. The maximum Gasteiger partial charge on any atom is 0.220 e. The Kier molecular flexibility index (Phi) is 11.0. The molecular formula is C23H39N5O3. The Morgan fingerprint density at radius 1 is 1.26 bits per heavy atom. The summed E-state index contributed by atoms with van der Waals surface area (Å²) in [5, 5.41) is 6.69. The second-order valence-electron chi connectivity index (χ2n) is 7.98. The Morgan fingerprint density at radius 3 is 2.68 bits per heavy atom. The molecule has 1 unspecified atom stereocenters. The van der Waals surface area contributed by atoms with E-state index >= 15 is 0 Å². The quantitative estimate of drug-likeness (QED) is 0.265. The minimum Gasteiger partial charge on any atom is -0.497 e. The molecule has 1 aromatic carbocycles. The number of guanidine groups is 1. The Bertz CT molecular complexity index is 690. The molecule has 0 aromatic heterocycles. The van der Waals surface area contributed by atoms with Crippen molar-refractivity contribution in [3.05, 3.63) is 24.3 Å². The number of rotatable bonds is 12. The van der Waals surface area contributed by atoms with Gasteiger partial charge in [-0.05, 0) is 71.3 Å². The number of likely N-dealkylation sites (tertiary alicyclic amines) is 1. The number of carbonyl (C=O) groups is 1. The van der Waals surface area contributed by atoms with E-state index in [-0.39, 0.29) is 17.9 Å². The van der Waals surface area contributed by atoms with Gasteiger partial charge < -0.3 is 30.7 Å². The van der Waals surface area contributed by atoms with Crippen molar-refractivity contribution in [2.24, 2.45) is 16.6 Å². The van der Waals surface area contributed by atoms with Gasteiger partial charge >= 0.3 is 0 Å². The highest BCUT2D eigenvalue weighted by Crippen LogP contribution is 2.20. The van der Waals surface area contributed by atoms with E-state index in [1.165, 1.54) is 0 Å². The Balaban J connectivity index is 1.65. The molecule has 0 radical (unpaired) electrons. The van der Waals surface area contributed by atoms with Crippen molar-refractivity contribution in [2.45, 2.75) is 45.6 Å². The highest BCUT2D eigenvalue weighted by Gasteiger charge is 2.22. The molecule has 1 aliphatic rings. The molecule has 1 amide bonds. The molecule has 1 heterocycles. The van der Waals surface area contributed by atoms with Gasteiger partial charge in [-0.25, -0.2) is 4.99 Å². The number of nitrogens with two attached hydrogens (primary N) is 1. The largest absolute Gasteiger partial charge is 0.497 e. The van der Waals surface area contributed by atoms with Crippen LogP contribution in [0.4, 0.5) is 0 Å². The predicted molar refractivity (Wildman–Crippen MR) is 125 cm³/mol. The van der Waals surface area contributed by atoms with E-state index in [1.54, 1.807) is 7.11 Å². The van der Waals surface area contributed by atoms with Crippen LogP contribution >= 0.6 is 0 Å². The summed E-state index contributed by atoms with van der Waals surface area (Å²) in [5.74, 6) is 2.28. The highest BCUT2D eigenvalue weighted by atomic mass is 16.5. The summed E-state index contributed by atoms with van der Waals surface area (Å²) in [6.07, 6.45) is 3.91. The monoisotopic (exact) mass is 433 g/mol. The molecule has 8 heteroatoms. The molecule has 31 heavy (non-hydrogen) atoms. The molecule has 1 aromatic rings. The number of aliphatic imine (C=N–C) groups is 1. The van der Waals surface area contributed by atoms with Gasteiger partial charge in [0.25, 0.3) is 0 Å². The van der Waals surface area contributed by atoms with Crippen molar-refractivity contribution >= 4 is 11.9 Å². The minimum atomic E-state index is -0.151. The van der Waals surface area contributed by atoms with Crippen LogP contribution in [0, 0.1) is 5.92 Å². The van der Waals surface area contributed by atoms with Crippen molar-refractivity contribution in [1.82, 2.24) is 15.5 Å². The molecule has 1 saturated heterocycles. The summed E-state index contributed by atoms with van der Waals surface area (Å²) in [5.41, 5.74) is 5.40. The lowest BCUT2D eigenvalue weighted by Gasteiger charge is -2.30. The number of nitrogens with zero attached hydrogens (tertiary/aromatic N) is 2. The number of nitrogens with one attached hydrogen (secondary N) is 2. The first-order valence-corrected chi connectivity index (χ1v) is 11.4. The van der Waals surface area contributed by atoms with Gasteiger partial charge in [0.2, 0.25) is 5.91 Å². The van der Waals surface area contributed by atoms with Gasteiger partial charge in [-0.3, -0.25) is 4.79 Å². The molecule has 174 valence electrons. The zero-order valence-electron chi connectivity index (χ0n) is 19.2. The average Bonchev–Trinajstić information content (AvgIpc) is 2.77. The Labute approximate surface area is 186 Å². The van der Waals surface area contributed by atoms with Crippen LogP contribution in [0.1, 0.15) is 39.5 Å². The van der Waals surface area contributed by atoms with Crippen LogP contribution in [0.3, 0.4) is 0 Å². The van der Waals surface area contributed by atoms with Crippen LogP contribution in [-0.4, -0.2) is 69.2 Å². The first kappa shape index (κ1) is 24.8. The van der Waals surface area contributed by atoms with Crippen LogP contribution in [0.2, 0.25) is 0 Å². The van der Waals surface area contributed by atoms with Crippen LogP contribution in [-0.2, 0) is 4.79 Å². The molecule has 2 rings (SSSR count). The maximum absolute atomic E-state index is 11.3. The van der Waals surface area contributed by atoms with Gasteiger partial charge in [-0.1, -0.05) is 6.07 Å². The second kappa shape index (κ2) is 13.7. The van der Waals surface area contributed by atoms with E-state index < -0.39 is 0 Å². The third-order valence-electron chi connectivity index (χ3n) is 5.41. The van der Waals surface area contributed by atoms with Crippen LogP contribution in [0.25, 0.3) is 0 Å². The minimum absolute atomic E-state index is 0.0501. The van der Waals surface area contributed by atoms with Gasteiger partial charge in [-0.2, -0.15) is 0 Å². The lowest BCUT2D eigenvalue weighted by molar-refractivity contribution is -0.123. The number of benzene rings is 1. The fourth-order valence-corrected chi connectivity index (χ4v) is 3.61. The number of amides is 1. The number of hydrogen-bond donors (Lipinski definition) is 3. The summed E-state index contributed by atoms with van der Waals surface area (Å²) in [6, 6.07) is 7.60. The number of ether oxygens (including phenoxy) is 2. The van der Waals surface area contributed by atoms with Crippen molar-refractivity contribution in [3.8, 4) is 11.5 Å². The van der Waals surface area contributed by atoms with Gasteiger partial charge in [0.1, 0.15) is 17.6 Å². The van der Waals surface area contributed by atoms with Gasteiger partial charge in [-0.15, -0.1) is 0 Å². The number of methoxy groups -OCH3 is 1. The second-order valence-corrected chi connectivity index (χ2v) is 7.98. The van der Waals surface area contributed by atoms with E-state index in [2.05, 4.69) is 27.4 Å². The van der Waals surface area contributed by atoms with Crippen LogP contribution in [0.5, 0.6) is 11.5 Å². The van der Waals surface area contributed by atoms with E-state index in [0.717, 1.165) is 75.9 Å². The van der Waals surface area contributed by atoms with Crippen molar-refractivity contribution < 1.29 is 14.3 Å². The van der Waals surface area contributed by atoms with Crippen molar-refractivity contribution in [2.75, 3.05) is 46.4 Å². The maximum atomic E-state index is 11.3. The number of primary amides is 1. The number of hydrogen-bond acceptors (Lipinski definition) is 5. The summed E-state index contributed by atoms with van der Waals surface area (Å²) in [7, 11) is 1.65. The van der Waals surface area contributed by atoms with E-state index in [4.69, 9.17) is 15.2 Å². The van der Waals surface area contributed by atoms with E-state index in [9.17, 15) is 4.79 Å². The Hall–Kier alpha value is -2.48. The van der Waals surface area contributed by atoms with Crippen LogP contribution in [0.15, 0.2) is 29.3 Å². The molecule has 1 aliphatic heterocycles. The van der Waals surface area contributed by atoms with Crippen molar-refractivity contribution in [1.29, 1.82) is 0 Å². The fourth-order valence-electron chi connectivity index (χ4n) is 3.61. The first-order valence-electron chi connectivity index (χ1n) is 11.4. The number of unbranched alkanes of at least 4 members (excludes halogenated alkanes) is 1. The Morgan fingerprint density at radius 2 is 2.00 bits per heavy atom. The molecule has 0 bridgehead atoms. The topological polar surface area (TPSA) is 101 Å². The summed E-state index contributed by atoms with van der Waals surface area (Å²) in [4.78, 5) is 18.3. The summed E-state index contributed by atoms with van der Waals surface area (Å²) < 4.78 is 11.2. The average molecular weight is 434 g/mol. The zero-order chi connectivity index (χ0) is 22.5. The molecule has 8 nitrogen and oxygen atoms in total. The molecular weight excluding hydrogens is 394 g/mol. The van der Waals surface area contributed by atoms with Gasteiger partial charge in [0.15, 0.2) is 5.96 Å².